The number of aromatic nitrogens is 4. The number of carboxylic acid groups (broad SMARTS) is 2. The van der Waals surface area contributed by atoms with Gasteiger partial charge in [-0.25, -0.2) is 19.9 Å². The van der Waals surface area contributed by atoms with Gasteiger partial charge in [0.2, 0.25) is 11.8 Å². The number of ketones is 2. The van der Waals surface area contributed by atoms with Gasteiger partial charge in [0.15, 0.2) is 11.6 Å². The van der Waals surface area contributed by atoms with Gasteiger partial charge in [-0.1, -0.05) is 112 Å². The van der Waals surface area contributed by atoms with Gasteiger partial charge >= 0.3 is 23.9 Å². The second-order valence-electron chi connectivity index (χ2n) is 34.9. The number of methoxy groups -OCH3 is 2. The van der Waals surface area contributed by atoms with Gasteiger partial charge in [-0.05, 0) is 122 Å². The Morgan fingerprint density at radius 3 is 1.29 bits per heavy atom. The highest BCUT2D eigenvalue weighted by Gasteiger charge is 2.63. The highest BCUT2D eigenvalue weighted by atomic mass is 35.5. The molecule has 8 aliphatic rings. The molecule has 6 heterocycles. The third-order valence-electron chi connectivity index (χ3n) is 24.5. The summed E-state index contributed by atoms with van der Waals surface area (Å²) in [6.07, 6.45) is 6.95. The first-order valence-electron chi connectivity index (χ1n) is 38.8. The van der Waals surface area contributed by atoms with Gasteiger partial charge in [0.25, 0.3) is 0 Å². The number of thiazole rings is 2. The van der Waals surface area contributed by atoms with Crippen LogP contribution in [0.3, 0.4) is 0 Å². The van der Waals surface area contributed by atoms with Gasteiger partial charge in [-0.15, -0.1) is 29.3 Å². The van der Waals surface area contributed by atoms with Crippen LogP contribution in [0.4, 0.5) is 0 Å². The topological polar surface area (TPSA) is 290 Å². The molecule has 2 aliphatic heterocycles. The van der Waals surface area contributed by atoms with Crippen molar-refractivity contribution in [3.8, 4) is 45.8 Å². The van der Waals surface area contributed by atoms with Crippen LogP contribution in [0.5, 0.6) is 23.0 Å². The first-order valence-corrected chi connectivity index (χ1v) is 41.3. The third-order valence-corrected chi connectivity index (χ3v) is 27.5. The number of halogens is 2. The van der Waals surface area contributed by atoms with Crippen molar-refractivity contribution >= 4 is 115 Å². The van der Waals surface area contributed by atoms with Crippen LogP contribution >= 0.6 is 45.9 Å². The number of allylic oxidation sites excluding steroid dienone is 1. The number of Topliss-reactive ketones (excluding diaryl/α,β-unsaturated/α-hetero) is 2. The standard InChI is InChI=1S/C42H52ClN3O8S.C42H50ClN3O8S/c2*1-8-24-17-42(24,40(50)51)18-32(47)31-14-26(19-46(31)39(49)28(41(4,5)6)15-35(48)54-25-12-22-11-23(22)13-25)53-34-16-29(30-20-55-38(45-30)21(2)3)44-37-27(34)9-10-33(52-7)36(37)43/h9-10,16,20-26,28,31H,8,11-15,17-19H2,1-7H3,(H,50,51);8-10,16,20-26,28,31H,1,11-15,17-19H2,2-7H3,(H,50,51)/t2*22-,23+,24-,25?,26-,28-,31+,42-/m11/s1. The van der Waals surface area contributed by atoms with E-state index in [9.17, 15) is 48.6 Å². The smallest absolute Gasteiger partial charge is 0.310 e. The minimum Gasteiger partial charge on any atom is -0.495 e. The van der Waals surface area contributed by atoms with E-state index in [1.54, 1.807) is 41.7 Å². The fraction of sp³-hybridized carbons (Fsp3) is 0.595. The van der Waals surface area contributed by atoms with Crippen molar-refractivity contribution in [2.24, 2.45) is 69.0 Å². The monoisotopic (exact) mass is 1580 g/mol. The highest BCUT2D eigenvalue weighted by Crippen LogP contribution is 2.59. The molecule has 0 bridgehead atoms. The van der Waals surface area contributed by atoms with Crippen molar-refractivity contribution in [1.29, 1.82) is 0 Å². The van der Waals surface area contributed by atoms with Crippen LogP contribution in [-0.4, -0.2) is 151 Å². The van der Waals surface area contributed by atoms with Gasteiger partial charge in [-0.3, -0.25) is 38.4 Å². The highest BCUT2D eigenvalue weighted by molar-refractivity contribution is 7.10. The lowest BCUT2D eigenvalue weighted by Gasteiger charge is -2.35. The Kier molecular flexibility index (Phi) is 22.8. The molecule has 2 aromatic carbocycles. The van der Waals surface area contributed by atoms with Crippen molar-refractivity contribution in [3.05, 3.63) is 79.9 Å². The molecule has 6 saturated carbocycles. The van der Waals surface area contributed by atoms with E-state index in [1.165, 1.54) is 48.2 Å². The molecule has 2 unspecified atom stereocenters. The predicted molar refractivity (Wildman–Crippen MR) is 419 cm³/mol. The van der Waals surface area contributed by atoms with E-state index in [0.717, 1.165) is 35.7 Å². The van der Waals surface area contributed by atoms with Crippen LogP contribution < -0.4 is 18.9 Å². The maximum atomic E-state index is 14.7. The zero-order chi connectivity index (χ0) is 79.1. The average Bonchev–Trinajstić information content (AvgIpc) is 1.55. The molecule has 8 fully saturated rings. The second kappa shape index (κ2) is 31.3. The van der Waals surface area contributed by atoms with Crippen LogP contribution in [-0.2, 0) is 47.8 Å². The molecular formula is C84H102Cl2N6O16S2. The first kappa shape index (κ1) is 80.3. The minimum absolute atomic E-state index is 0.0467. The number of amides is 2. The number of ether oxygens (including phenoxy) is 6. The number of nitrogens with zero attached hydrogens (tertiary/aromatic N) is 6. The minimum atomic E-state index is -1.25. The Balaban J connectivity index is 0.000000193. The quantitative estimate of drug-likeness (QED) is 0.0341. The van der Waals surface area contributed by atoms with Crippen LogP contribution in [0.2, 0.25) is 10.0 Å². The van der Waals surface area contributed by atoms with E-state index < -0.39 is 81.7 Å². The summed E-state index contributed by atoms with van der Waals surface area (Å²) in [6.45, 7) is 25.6. The molecule has 110 heavy (non-hydrogen) atoms. The molecule has 22 nitrogen and oxygen atoms in total. The normalized spacial score (nSPS) is 27.5. The lowest BCUT2D eigenvalue weighted by Crippen LogP contribution is -2.48. The van der Waals surface area contributed by atoms with Gasteiger partial charge in [0, 0.05) is 71.2 Å². The predicted octanol–water partition coefficient (Wildman–Crippen LogP) is 16.5. The van der Waals surface area contributed by atoms with E-state index in [4.69, 9.17) is 71.6 Å². The number of rotatable bonds is 28. The number of likely N-dealkylation sites (tertiary alicyclic amines) is 2. The Morgan fingerprint density at radius 2 is 0.964 bits per heavy atom. The summed E-state index contributed by atoms with van der Waals surface area (Å²) in [4.78, 5) is 132. The largest absolute Gasteiger partial charge is 0.495 e. The lowest BCUT2D eigenvalue weighted by atomic mass is 9.77. The number of benzene rings is 2. The van der Waals surface area contributed by atoms with Crippen LogP contribution in [0.15, 0.2) is 59.8 Å². The molecule has 2 saturated heterocycles. The fourth-order valence-electron chi connectivity index (χ4n) is 17.5. The third kappa shape index (κ3) is 16.5. The van der Waals surface area contributed by atoms with Gasteiger partial charge in [0.05, 0.1) is 107 Å². The summed E-state index contributed by atoms with van der Waals surface area (Å²) in [5.41, 5.74) is -0.360. The molecule has 6 aromatic rings. The summed E-state index contributed by atoms with van der Waals surface area (Å²) < 4.78 is 36.3. The molecule has 590 valence electrons. The number of hydrogen-bond donors (Lipinski definition) is 2. The van der Waals surface area contributed by atoms with Gasteiger partial charge in [0.1, 0.15) is 68.8 Å². The Labute approximate surface area is 660 Å². The average molecular weight is 1590 g/mol. The second-order valence-corrected chi connectivity index (χ2v) is 37.4. The molecule has 2 N–H and O–H groups in total. The Morgan fingerprint density at radius 1 is 0.564 bits per heavy atom. The van der Waals surface area contributed by atoms with E-state index in [-0.39, 0.29) is 111 Å². The van der Waals surface area contributed by atoms with Crippen LogP contribution in [0.25, 0.3) is 44.6 Å². The van der Waals surface area contributed by atoms with Crippen molar-refractivity contribution in [3.63, 3.8) is 0 Å². The summed E-state index contributed by atoms with van der Waals surface area (Å²) in [7, 11) is 3.06. The van der Waals surface area contributed by atoms with E-state index in [1.807, 2.05) is 71.4 Å². The number of carbonyl (C=O) groups excluding carboxylic acids is 6. The molecule has 6 aliphatic carbocycles. The lowest BCUT2D eigenvalue weighted by molar-refractivity contribution is -0.157. The summed E-state index contributed by atoms with van der Waals surface area (Å²) in [6, 6.07) is 8.80. The molecule has 0 spiro atoms. The summed E-state index contributed by atoms with van der Waals surface area (Å²) >= 11 is 16.7. The number of carboxylic acids is 2. The fourth-order valence-corrected chi connectivity index (χ4v) is 19.7. The summed E-state index contributed by atoms with van der Waals surface area (Å²) in [5.74, 6) is -1.45. The SMILES string of the molecule is C=C[C@@H]1C[C@]1(CC(=O)[C@@H]1C[C@@H](Oc2cc(-c3csc(C(C)C)n3)nc3c(Cl)c(OC)ccc23)CN1C(=O)[C@@H](CC(=O)OC1C[C@@H]2C[C@@H]2C1)C(C)(C)C)C(=O)O.CC[C@@H]1C[C@]1(CC(=O)[C@@H]1C[C@@H](Oc2cc(-c3csc(C(C)C)n3)nc3c(Cl)c(OC)ccc23)CN1C(=O)[C@@H](CC(=O)OC1C[C@@H]2C[C@@H]2C1)C(C)(C)C)C(=O)O. The maximum Gasteiger partial charge on any atom is 0.310 e. The van der Waals surface area contributed by atoms with Gasteiger partial charge < -0.3 is 48.4 Å². The number of aliphatic carboxylic acids is 2. The Hall–Kier alpha value is -7.80. The maximum absolute atomic E-state index is 14.7. The number of carbonyl (C=O) groups is 8. The Bertz CT molecular complexity index is 4600. The zero-order valence-electron chi connectivity index (χ0n) is 65.0. The number of hydrogen-bond acceptors (Lipinski definition) is 20. The molecule has 2 amide bonds. The molecule has 14 rings (SSSR count). The molecule has 16 atom stereocenters. The van der Waals surface area contributed by atoms with Crippen molar-refractivity contribution in [2.45, 2.75) is 221 Å². The first-order chi connectivity index (χ1) is 52.0. The summed E-state index contributed by atoms with van der Waals surface area (Å²) in [5, 5.41) is 28.0. The molecule has 26 heteroatoms. The zero-order valence-corrected chi connectivity index (χ0v) is 68.2. The van der Waals surface area contributed by atoms with Crippen LogP contribution in [0, 0.1) is 69.0 Å². The van der Waals surface area contributed by atoms with Crippen molar-refractivity contribution in [2.75, 3.05) is 27.3 Å². The van der Waals surface area contributed by atoms with E-state index >= 15 is 0 Å². The number of fused-ring (bicyclic) bond motifs is 4. The molecular weight excluding hydrogens is 1480 g/mol. The molecule has 0 radical (unpaired) electrons. The number of esters is 2. The van der Waals surface area contributed by atoms with Crippen LogP contribution in [0.1, 0.15) is 194 Å². The number of pyridine rings is 2. The van der Waals surface area contributed by atoms with E-state index in [0.29, 0.717) is 121 Å². The van der Waals surface area contributed by atoms with Crippen molar-refractivity contribution in [1.82, 2.24) is 29.7 Å². The molecule has 4 aromatic heterocycles. The van der Waals surface area contributed by atoms with E-state index in [2.05, 4.69) is 34.3 Å². The van der Waals surface area contributed by atoms with Crippen molar-refractivity contribution < 1.29 is 77.0 Å². The van der Waals surface area contributed by atoms with Gasteiger partial charge in [-0.2, -0.15) is 0 Å².